The lowest BCUT2D eigenvalue weighted by molar-refractivity contribution is 0.0204. The molecule has 2 rings (SSSR count). The molecule has 1 amide bonds. The molecule has 0 N–H and O–H groups in total. The van der Waals surface area contributed by atoms with Crippen LogP contribution in [0.15, 0.2) is 18.3 Å². The molecule has 0 atom stereocenters. The number of hydrogen-bond acceptors (Lipinski definition) is 4. The molecule has 1 aromatic rings. The maximum Gasteiger partial charge on any atom is 0.410 e. The number of amides is 1. The van der Waals surface area contributed by atoms with Crippen molar-refractivity contribution in [2.24, 2.45) is 0 Å². The van der Waals surface area contributed by atoms with E-state index in [1.165, 1.54) is 5.56 Å². The van der Waals surface area contributed by atoms with Crippen LogP contribution < -0.4 is 4.74 Å². The smallest absolute Gasteiger partial charge is 0.410 e. The largest absolute Gasteiger partial charge is 0.478 e. The fourth-order valence-corrected chi connectivity index (χ4v) is 2.63. The Morgan fingerprint density at radius 3 is 2.64 bits per heavy atom. The van der Waals surface area contributed by atoms with Crippen molar-refractivity contribution in [2.45, 2.75) is 52.1 Å². The highest BCUT2D eigenvalue weighted by atomic mass is 16.6. The Morgan fingerprint density at radius 1 is 1.36 bits per heavy atom. The van der Waals surface area contributed by atoms with Gasteiger partial charge in [0.25, 0.3) is 0 Å². The molecule has 0 aromatic carbocycles. The van der Waals surface area contributed by atoms with E-state index in [-0.39, 0.29) is 6.09 Å². The summed E-state index contributed by atoms with van der Waals surface area (Å²) in [7, 11) is 0. The zero-order chi connectivity index (χ0) is 16.2. The number of hydrogen-bond donors (Lipinski definition) is 0. The van der Waals surface area contributed by atoms with Crippen LogP contribution in [0.5, 0.6) is 5.88 Å². The minimum absolute atomic E-state index is 0.212. The summed E-state index contributed by atoms with van der Waals surface area (Å²) in [6, 6.07) is 4.05. The van der Waals surface area contributed by atoms with Crippen LogP contribution in [0.4, 0.5) is 4.79 Å². The highest BCUT2D eigenvalue weighted by molar-refractivity contribution is 5.68. The van der Waals surface area contributed by atoms with E-state index >= 15 is 0 Å². The van der Waals surface area contributed by atoms with Crippen molar-refractivity contribution in [3.63, 3.8) is 0 Å². The zero-order valence-corrected chi connectivity index (χ0v) is 14.0. The first-order valence-electron chi connectivity index (χ1n) is 7.95. The average molecular weight is 306 g/mol. The molecule has 5 nitrogen and oxygen atoms in total. The number of ether oxygens (including phenoxy) is 2. The van der Waals surface area contributed by atoms with Gasteiger partial charge in [-0.2, -0.15) is 0 Å². The lowest BCUT2D eigenvalue weighted by Gasteiger charge is -2.33. The Labute approximate surface area is 132 Å². The van der Waals surface area contributed by atoms with E-state index in [2.05, 4.69) is 4.98 Å². The van der Waals surface area contributed by atoms with E-state index in [0.717, 1.165) is 25.9 Å². The van der Waals surface area contributed by atoms with Crippen molar-refractivity contribution in [3.05, 3.63) is 23.9 Å². The maximum absolute atomic E-state index is 12.1. The van der Waals surface area contributed by atoms with Crippen molar-refractivity contribution < 1.29 is 14.3 Å². The van der Waals surface area contributed by atoms with Gasteiger partial charge in [-0.3, -0.25) is 0 Å². The third-order valence-electron chi connectivity index (χ3n) is 3.67. The van der Waals surface area contributed by atoms with Gasteiger partial charge in [-0.1, -0.05) is 0 Å². The number of nitrogens with zero attached hydrogens (tertiary/aromatic N) is 2. The number of rotatable bonds is 3. The number of carbonyl (C=O) groups is 1. The molecule has 1 aliphatic heterocycles. The van der Waals surface area contributed by atoms with Gasteiger partial charge >= 0.3 is 6.09 Å². The SMILES string of the molecule is CCOc1cc(C2CCN(C(=O)OC(C)(C)C)CC2)ccn1. The Kier molecular flexibility index (Phi) is 5.27. The van der Waals surface area contributed by atoms with E-state index in [9.17, 15) is 4.79 Å². The van der Waals surface area contributed by atoms with Gasteiger partial charge in [0.2, 0.25) is 5.88 Å². The first-order chi connectivity index (χ1) is 10.4. The van der Waals surface area contributed by atoms with Crippen LogP contribution in [-0.2, 0) is 4.74 Å². The number of carbonyl (C=O) groups excluding carboxylic acids is 1. The second-order valence-corrected chi connectivity index (χ2v) is 6.60. The third kappa shape index (κ3) is 4.61. The monoisotopic (exact) mass is 306 g/mol. The molecular formula is C17H26N2O3. The first-order valence-corrected chi connectivity index (χ1v) is 7.95. The van der Waals surface area contributed by atoms with Gasteiger partial charge in [-0.05, 0) is 58.1 Å². The van der Waals surface area contributed by atoms with Gasteiger partial charge in [0.1, 0.15) is 5.60 Å². The van der Waals surface area contributed by atoms with Gasteiger partial charge < -0.3 is 14.4 Å². The molecule has 0 spiro atoms. The van der Waals surface area contributed by atoms with Crippen molar-refractivity contribution in [3.8, 4) is 5.88 Å². The standard InChI is InChI=1S/C17H26N2O3/c1-5-21-15-12-14(6-9-18-15)13-7-10-19(11-8-13)16(20)22-17(2,3)4/h6,9,12-13H,5,7-8,10-11H2,1-4H3. The van der Waals surface area contributed by atoms with Crippen molar-refractivity contribution in [1.82, 2.24) is 9.88 Å². The lowest BCUT2D eigenvalue weighted by Crippen LogP contribution is -2.41. The van der Waals surface area contributed by atoms with E-state index in [1.807, 2.05) is 39.8 Å². The van der Waals surface area contributed by atoms with E-state index in [4.69, 9.17) is 9.47 Å². The zero-order valence-electron chi connectivity index (χ0n) is 14.0. The summed E-state index contributed by atoms with van der Waals surface area (Å²) >= 11 is 0. The van der Waals surface area contributed by atoms with Crippen LogP contribution in [0, 0.1) is 0 Å². The summed E-state index contributed by atoms with van der Waals surface area (Å²) in [6.45, 7) is 9.70. The first kappa shape index (κ1) is 16.6. The number of pyridine rings is 1. The molecule has 1 fully saturated rings. The van der Waals surface area contributed by atoms with E-state index in [0.29, 0.717) is 18.4 Å². The quantitative estimate of drug-likeness (QED) is 0.856. The molecule has 0 saturated carbocycles. The Morgan fingerprint density at radius 2 is 2.05 bits per heavy atom. The normalized spacial score (nSPS) is 16.5. The molecule has 1 aromatic heterocycles. The van der Waals surface area contributed by atoms with Crippen LogP contribution in [0.25, 0.3) is 0 Å². The predicted octanol–water partition coefficient (Wildman–Crippen LogP) is 3.59. The second-order valence-electron chi connectivity index (χ2n) is 6.60. The van der Waals surface area contributed by atoms with Gasteiger partial charge in [0, 0.05) is 25.4 Å². The second kappa shape index (κ2) is 6.99. The molecular weight excluding hydrogens is 280 g/mol. The van der Waals surface area contributed by atoms with Gasteiger partial charge in [0.05, 0.1) is 6.61 Å². The highest BCUT2D eigenvalue weighted by Gasteiger charge is 2.27. The summed E-state index contributed by atoms with van der Waals surface area (Å²) in [5, 5.41) is 0. The van der Waals surface area contributed by atoms with Crippen molar-refractivity contribution in [2.75, 3.05) is 19.7 Å². The van der Waals surface area contributed by atoms with Crippen molar-refractivity contribution in [1.29, 1.82) is 0 Å². The van der Waals surface area contributed by atoms with Crippen LogP contribution in [-0.4, -0.2) is 41.3 Å². The molecule has 0 unspecified atom stereocenters. The Bertz CT molecular complexity index is 503. The maximum atomic E-state index is 12.1. The molecule has 1 saturated heterocycles. The fraction of sp³-hybridized carbons (Fsp3) is 0.647. The molecule has 22 heavy (non-hydrogen) atoms. The summed E-state index contributed by atoms with van der Waals surface area (Å²) in [6.07, 6.45) is 3.46. The molecule has 122 valence electrons. The van der Waals surface area contributed by atoms with Gasteiger partial charge in [-0.25, -0.2) is 9.78 Å². The molecule has 0 aliphatic carbocycles. The van der Waals surface area contributed by atoms with Crippen LogP contribution >= 0.6 is 0 Å². The lowest BCUT2D eigenvalue weighted by atomic mass is 9.90. The molecule has 2 heterocycles. The third-order valence-corrected chi connectivity index (χ3v) is 3.67. The summed E-state index contributed by atoms with van der Waals surface area (Å²) in [5.41, 5.74) is 0.799. The highest BCUT2D eigenvalue weighted by Crippen LogP contribution is 2.29. The van der Waals surface area contributed by atoms with Crippen LogP contribution in [0.3, 0.4) is 0 Å². The summed E-state index contributed by atoms with van der Waals surface area (Å²) in [4.78, 5) is 18.1. The fourth-order valence-electron chi connectivity index (χ4n) is 2.63. The Balaban J connectivity index is 1.92. The average Bonchev–Trinajstić information content (AvgIpc) is 2.46. The topological polar surface area (TPSA) is 51.7 Å². The van der Waals surface area contributed by atoms with E-state index in [1.54, 1.807) is 11.1 Å². The van der Waals surface area contributed by atoms with Gasteiger partial charge in [0.15, 0.2) is 0 Å². The van der Waals surface area contributed by atoms with Gasteiger partial charge in [-0.15, -0.1) is 0 Å². The van der Waals surface area contributed by atoms with E-state index < -0.39 is 5.60 Å². The summed E-state index contributed by atoms with van der Waals surface area (Å²) < 4.78 is 10.9. The number of likely N-dealkylation sites (tertiary alicyclic amines) is 1. The minimum atomic E-state index is -0.439. The Hall–Kier alpha value is -1.78. The molecule has 0 bridgehead atoms. The number of piperidine rings is 1. The van der Waals surface area contributed by atoms with Crippen LogP contribution in [0.2, 0.25) is 0 Å². The molecule has 1 aliphatic rings. The van der Waals surface area contributed by atoms with Crippen molar-refractivity contribution >= 4 is 6.09 Å². The number of aromatic nitrogens is 1. The summed E-state index contributed by atoms with van der Waals surface area (Å²) in [5.74, 6) is 1.12. The molecule has 0 radical (unpaired) electrons. The minimum Gasteiger partial charge on any atom is -0.478 e. The predicted molar refractivity (Wildman–Crippen MR) is 85.2 cm³/mol. The van der Waals surface area contributed by atoms with Crippen LogP contribution in [0.1, 0.15) is 52.0 Å². The molecule has 5 heteroatoms.